The molecule has 0 saturated carbocycles. The van der Waals surface area contributed by atoms with Crippen molar-refractivity contribution >= 4 is 17.8 Å². The van der Waals surface area contributed by atoms with Crippen molar-refractivity contribution in [2.24, 2.45) is 5.10 Å². The number of rotatable bonds is 4. The number of carbonyl (C=O) groups is 1. The molecule has 5 heteroatoms. The topological polar surface area (TPSA) is 57.8 Å². The highest BCUT2D eigenvalue weighted by molar-refractivity contribution is 5.95. The van der Waals surface area contributed by atoms with Crippen molar-refractivity contribution in [3.63, 3.8) is 0 Å². The van der Waals surface area contributed by atoms with Gasteiger partial charge in [-0.25, -0.2) is 5.43 Å². The lowest BCUT2D eigenvalue weighted by Crippen LogP contribution is -2.18. The molecule has 5 nitrogen and oxygen atoms in total. The second kappa shape index (κ2) is 5.86. The molecule has 2 aromatic rings. The summed E-state index contributed by atoms with van der Waals surface area (Å²) in [4.78, 5) is 13.8. The van der Waals surface area contributed by atoms with Gasteiger partial charge in [0.05, 0.1) is 18.7 Å². The molecule has 0 fully saturated rings. The Kier molecular flexibility index (Phi) is 3.97. The SMILES string of the molecule is CN(C)c1cccc(C(=O)N/N=C\c2ccoc2)c1. The molecule has 0 saturated heterocycles. The van der Waals surface area contributed by atoms with Gasteiger partial charge in [0.25, 0.3) is 5.91 Å². The smallest absolute Gasteiger partial charge is 0.271 e. The zero-order valence-corrected chi connectivity index (χ0v) is 10.8. The first-order valence-electron chi connectivity index (χ1n) is 5.80. The van der Waals surface area contributed by atoms with E-state index in [9.17, 15) is 4.79 Å². The van der Waals surface area contributed by atoms with Crippen molar-refractivity contribution in [3.8, 4) is 0 Å². The highest BCUT2D eigenvalue weighted by Crippen LogP contribution is 2.13. The van der Waals surface area contributed by atoms with Crippen LogP contribution in [0.15, 0.2) is 52.4 Å². The Morgan fingerprint density at radius 3 is 2.89 bits per heavy atom. The number of furan rings is 1. The molecule has 1 heterocycles. The van der Waals surface area contributed by atoms with E-state index in [1.807, 2.05) is 37.2 Å². The summed E-state index contributed by atoms with van der Waals surface area (Å²) in [5.41, 5.74) is 4.80. The summed E-state index contributed by atoms with van der Waals surface area (Å²) in [5.74, 6) is -0.247. The van der Waals surface area contributed by atoms with Gasteiger partial charge in [0, 0.05) is 30.9 Å². The predicted molar refractivity (Wildman–Crippen MR) is 74.5 cm³/mol. The number of benzene rings is 1. The van der Waals surface area contributed by atoms with E-state index in [0.717, 1.165) is 11.3 Å². The second-order valence-electron chi connectivity index (χ2n) is 4.20. The van der Waals surface area contributed by atoms with Gasteiger partial charge in [0.1, 0.15) is 0 Å². The van der Waals surface area contributed by atoms with Gasteiger partial charge >= 0.3 is 0 Å². The molecule has 0 atom stereocenters. The summed E-state index contributed by atoms with van der Waals surface area (Å²) in [7, 11) is 3.85. The molecule has 2 rings (SSSR count). The quantitative estimate of drug-likeness (QED) is 0.674. The average molecular weight is 257 g/mol. The molecule has 0 aliphatic carbocycles. The molecule has 1 N–H and O–H groups in total. The first-order chi connectivity index (χ1) is 9.16. The highest BCUT2D eigenvalue weighted by Gasteiger charge is 2.05. The van der Waals surface area contributed by atoms with Crippen LogP contribution in [0.1, 0.15) is 15.9 Å². The largest absolute Gasteiger partial charge is 0.472 e. The average Bonchev–Trinajstić information content (AvgIpc) is 2.92. The van der Waals surface area contributed by atoms with Crippen LogP contribution >= 0.6 is 0 Å². The molecule has 0 unspecified atom stereocenters. The van der Waals surface area contributed by atoms with Crippen LogP contribution in [0.5, 0.6) is 0 Å². The third kappa shape index (κ3) is 3.45. The van der Waals surface area contributed by atoms with Crippen LogP contribution in [0.4, 0.5) is 5.69 Å². The molecule has 98 valence electrons. The van der Waals surface area contributed by atoms with Gasteiger partial charge in [0.2, 0.25) is 0 Å². The maximum atomic E-state index is 11.9. The summed E-state index contributed by atoms with van der Waals surface area (Å²) < 4.78 is 4.89. The fraction of sp³-hybridized carbons (Fsp3) is 0.143. The number of hydrazone groups is 1. The summed E-state index contributed by atoms with van der Waals surface area (Å²) in [6, 6.07) is 9.08. The zero-order valence-electron chi connectivity index (χ0n) is 10.8. The van der Waals surface area contributed by atoms with Crippen LogP contribution < -0.4 is 10.3 Å². The van der Waals surface area contributed by atoms with Gasteiger partial charge in [-0.3, -0.25) is 4.79 Å². The van der Waals surface area contributed by atoms with Crippen molar-refractivity contribution in [2.45, 2.75) is 0 Å². The molecule has 0 aliphatic heterocycles. The molecule has 1 aromatic heterocycles. The Balaban J connectivity index is 2.02. The van der Waals surface area contributed by atoms with Gasteiger partial charge in [-0.05, 0) is 24.3 Å². The van der Waals surface area contributed by atoms with E-state index in [1.54, 1.807) is 24.7 Å². The minimum atomic E-state index is -0.247. The number of amides is 1. The van der Waals surface area contributed by atoms with Crippen molar-refractivity contribution in [1.82, 2.24) is 5.43 Å². The molecule has 0 radical (unpaired) electrons. The molecular weight excluding hydrogens is 242 g/mol. The maximum absolute atomic E-state index is 11.9. The zero-order chi connectivity index (χ0) is 13.7. The van der Waals surface area contributed by atoms with Crippen molar-refractivity contribution < 1.29 is 9.21 Å². The fourth-order valence-corrected chi connectivity index (χ4v) is 1.50. The summed E-state index contributed by atoms with van der Waals surface area (Å²) in [5, 5.41) is 3.87. The molecule has 0 spiro atoms. The lowest BCUT2D eigenvalue weighted by molar-refractivity contribution is 0.0955. The number of hydrogen-bond donors (Lipinski definition) is 1. The summed E-state index contributed by atoms with van der Waals surface area (Å²) >= 11 is 0. The molecule has 1 aromatic carbocycles. The van der Waals surface area contributed by atoms with Crippen LogP contribution in [0.3, 0.4) is 0 Å². The standard InChI is InChI=1S/C14H15N3O2/c1-17(2)13-5-3-4-12(8-13)14(18)16-15-9-11-6-7-19-10-11/h3-10H,1-2H3,(H,16,18)/b15-9-. The Hall–Kier alpha value is -2.56. The summed E-state index contributed by atoms with van der Waals surface area (Å²) in [6.45, 7) is 0. The number of hydrogen-bond acceptors (Lipinski definition) is 4. The van der Waals surface area contributed by atoms with Crippen LogP contribution in [0.2, 0.25) is 0 Å². The highest BCUT2D eigenvalue weighted by atomic mass is 16.3. The Bertz CT molecular complexity index is 574. The number of anilines is 1. The van der Waals surface area contributed by atoms with E-state index in [0.29, 0.717) is 5.56 Å². The van der Waals surface area contributed by atoms with Gasteiger partial charge < -0.3 is 9.32 Å². The van der Waals surface area contributed by atoms with Gasteiger partial charge in [-0.15, -0.1) is 0 Å². The lowest BCUT2D eigenvalue weighted by atomic mass is 10.2. The van der Waals surface area contributed by atoms with E-state index in [-0.39, 0.29) is 5.91 Å². The van der Waals surface area contributed by atoms with E-state index < -0.39 is 0 Å². The fourth-order valence-electron chi connectivity index (χ4n) is 1.50. The summed E-state index contributed by atoms with van der Waals surface area (Å²) in [6.07, 6.45) is 4.61. The van der Waals surface area contributed by atoms with E-state index in [1.165, 1.54) is 6.21 Å². The number of nitrogens with zero attached hydrogens (tertiary/aromatic N) is 2. The first-order valence-corrected chi connectivity index (χ1v) is 5.80. The molecule has 1 amide bonds. The van der Waals surface area contributed by atoms with Gasteiger partial charge in [-0.1, -0.05) is 6.07 Å². The minimum Gasteiger partial charge on any atom is -0.472 e. The van der Waals surface area contributed by atoms with Gasteiger partial charge in [0.15, 0.2) is 0 Å². The molecule has 19 heavy (non-hydrogen) atoms. The Labute approximate surface area is 111 Å². The molecular formula is C14H15N3O2. The van der Waals surface area contributed by atoms with E-state index in [2.05, 4.69) is 10.5 Å². The first kappa shape index (κ1) is 12.9. The molecule has 0 aliphatic rings. The monoisotopic (exact) mass is 257 g/mol. The molecule has 0 bridgehead atoms. The number of nitrogens with one attached hydrogen (secondary N) is 1. The minimum absolute atomic E-state index is 0.247. The van der Waals surface area contributed by atoms with Crippen molar-refractivity contribution in [1.29, 1.82) is 0 Å². The van der Waals surface area contributed by atoms with Crippen molar-refractivity contribution in [2.75, 3.05) is 19.0 Å². The number of carbonyl (C=O) groups excluding carboxylic acids is 1. The van der Waals surface area contributed by atoms with E-state index >= 15 is 0 Å². The van der Waals surface area contributed by atoms with Crippen LogP contribution in [-0.4, -0.2) is 26.2 Å². The van der Waals surface area contributed by atoms with E-state index in [4.69, 9.17) is 4.42 Å². The van der Waals surface area contributed by atoms with Crippen LogP contribution in [0, 0.1) is 0 Å². The second-order valence-corrected chi connectivity index (χ2v) is 4.20. The van der Waals surface area contributed by atoms with Gasteiger partial charge in [-0.2, -0.15) is 5.10 Å². The predicted octanol–water partition coefficient (Wildman–Crippen LogP) is 2.11. The Morgan fingerprint density at radius 2 is 2.21 bits per heavy atom. The maximum Gasteiger partial charge on any atom is 0.271 e. The normalized spacial score (nSPS) is 10.6. The van der Waals surface area contributed by atoms with Crippen LogP contribution in [0.25, 0.3) is 0 Å². The Morgan fingerprint density at radius 1 is 1.37 bits per heavy atom. The lowest BCUT2D eigenvalue weighted by Gasteiger charge is -2.12. The third-order valence-corrected chi connectivity index (χ3v) is 2.55. The van der Waals surface area contributed by atoms with Crippen LogP contribution in [-0.2, 0) is 0 Å². The third-order valence-electron chi connectivity index (χ3n) is 2.55. The van der Waals surface area contributed by atoms with Crippen molar-refractivity contribution in [3.05, 3.63) is 54.0 Å².